The highest BCUT2D eigenvalue weighted by Gasteiger charge is 2.24. The number of hydrogen-bond donors (Lipinski definition) is 1. The van der Waals surface area contributed by atoms with Crippen molar-refractivity contribution in [2.24, 2.45) is 7.05 Å². The van der Waals surface area contributed by atoms with E-state index in [1.54, 1.807) is 4.68 Å². The van der Waals surface area contributed by atoms with Crippen LogP contribution in [0.25, 0.3) is 0 Å². The Bertz CT molecular complexity index is 747. The molecule has 0 aromatic carbocycles. The molecular formula is C19H28N6O. The molecule has 0 unspecified atom stereocenters. The SMILES string of the molecule is Cc1cc(C(=O)NC2CCN(c3ccc(C(C)(C)C)nn3)CC2)nn1C. The second-order valence-corrected chi connectivity index (χ2v) is 8.06. The summed E-state index contributed by atoms with van der Waals surface area (Å²) in [4.78, 5) is 14.6. The molecule has 0 radical (unpaired) electrons. The first kappa shape index (κ1) is 18.4. The molecule has 3 heterocycles. The monoisotopic (exact) mass is 356 g/mol. The molecule has 1 aliphatic heterocycles. The fraction of sp³-hybridized carbons (Fsp3) is 0.579. The van der Waals surface area contributed by atoms with Gasteiger partial charge in [0, 0.05) is 37.3 Å². The molecule has 3 rings (SSSR count). The van der Waals surface area contributed by atoms with E-state index in [9.17, 15) is 4.79 Å². The summed E-state index contributed by atoms with van der Waals surface area (Å²) in [5.41, 5.74) is 2.46. The van der Waals surface area contributed by atoms with E-state index in [0.29, 0.717) is 5.69 Å². The zero-order valence-electron chi connectivity index (χ0n) is 16.3. The predicted octanol–water partition coefficient (Wildman–Crippen LogP) is 2.21. The lowest BCUT2D eigenvalue weighted by Crippen LogP contribution is -2.45. The molecule has 1 aliphatic rings. The van der Waals surface area contributed by atoms with Crippen molar-refractivity contribution in [3.05, 3.63) is 35.3 Å². The van der Waals surface area contributed by atoms with Crippen LogP contribution in [0.2, 0.25) is 0 Å². The molecule has 0 spiro atoms. The zero-order chi connectivity index (χ0) is 18.9. The number of carbonyl (C=O) groups is 1. The van der Waals surface area contributed by atoms with Crippen molar-refractivity contribution in [1.29, 1.82) is 0 Å². The van der Waals surface area contributed by atoms with Crippen molar-refractivity contribution < 1.29 is 4.79 Å². The molecule has 1 fully saturated rings. The number of amides is 1. The highest BCUT2D eigenvalue weighted by Crippen LogP contribution is 2.22. The van der Waals surface area contributed by atoms with Crippen LogP contribution < -0.4 is 10.2 Å². The minimum absolute atomic E-state index is 0.00658. The molecule has 140 valence electrons. The number of aromatic nitrogens is 4. The van der Waals surface area contributed by atoms with Crippen LogP contribution in [0.4, 0.5) is 5.82 Å². The van der Waals surface area contributed by atoms with E-state index in [1.807, 2.05) is 26.1 Å². The van der Waals surface area contributed by atoms with E-state index < -0.39 is 0 Å². The van der Waals surface area contributed by atoms with Crippen molar-refractivity contribution in [2.45, 2.75) is 52.0 Å². The van der Waals surface area contributed by atoms with Gasteiger partial charge in [0.1, 0.15) is 5.69 Å². The summed E-state index contributed by atoms with van der Waals surface area (Å²) in [6.07, 6.45) is 1.78. The van der Waals surface area contributed by atoms with Gasteiger partial charge < -0.3 is 10.2 Å². The number of carbonyl (C=O) groups excluding carboxylic acids is 1. The maximum absolute atomic E-state index is 12.3. The lowest BCUT2D eigenvalue weighted by molar-refractivity contribution is 0.0925. The quantitative estimate of drug-likeness (QED) is 0.912. The van der Waals surface area contributed by atoms with Crippen LogP contribution in [0.1, 0.15) is 55.5 Å². The van der Waals surface area contributed by atoms with E-state index in [0.717, 1.165) is 43.1 Å². The van der Waals surface area contributed by atoms with Gasteiger partial charge in [-0.2, -0.15) is 10.2 Å². The molecule has 1 N–H and O–H groups in total. The van der Waals surface area contributed by atoms with Crippen LogP contribution in [-0.2, 0) is 12.5 Å². The van der Waals surface area contributed by atoms with Crippen molar-refractivity contribution in [1.82, 2.24) is 25.3 Å². The number of piperidine rings is 1. The van der Waals surface area contributed by atoms with Crippen LogP contribution in [0.5, 0.6) is 0 Å². The zero-order valence-corrected chi connectivity index (χ0v) is 16.3. The second-order valence-electron chi connectivity index (χ2n) is 8.06. The summed E-state index contributed by atoms with van der Waals surface area (Å²) in [6, 6.07) is 6.09. The Labute approximate surface area is 154 Å². The Morgan fingerprint density at radius 3 is 2.38 bits per heavy atom. The highest BCUT2D eigenvalue weighted by molar-refractivity contribution is 5.92. The Balaban J connectivity index is 1.55. The summed E-state index contributed by atoms with van der Waals surface area (Å²) >= 11 is 0. The van der Waals surface area contributed by atoms with Gasteiger partial charge in [-0.15, -0.1) is 5.10 Å². The molecule has 7 heteroatoms. The average Bonchev–Trinajstić information content (AvgIpc) is 2.94. The van der Waals surface area contributed by atoms with Gasteiger partial charge in [0.2, 0.25) is 0 Å². The molecule has 0 bridgehead atoms. The molecule has 26 heavy (non-hydrogen) atoms. The smallest absolute Gasteiger partial charge is 0.272 e. The van der Waals surface area contributed by atoms with Crippen LogP contribution in [0.3, 0.4) is 0 Å². The number of anilines is 1. The number of rotatable bonds is 3. The molecule has 1 saturated heterocycles. The van der Waals surface area contributed by atoms with E-state index >= 15 is 0 Å². The third-order valence-electron chi connectivity index (χ3n) is 4.92. The molecule has 0 saturated carbocycles. The van der Waals surface area contributed by atoms with Crippen LogP contribution in [0.15, 0.2) is 18.2 Å². The van der Waals surface area contributed by atoms with Gasteiger partial charge in [0.15, 0.2) is 5.82 Å². The second kappa shape index (κ2) is 7.05. The first-order valence-electron chi connectivity index (χ1n) is 9.15. The highest BCUT2D eigenvalue weighted by atomic mass is 16.2. The van der Waals surface area contributed by atoms with Crippen LogP contribution >= 0.6 is 0 Å². The van der Waals surface area contributed by atoms with E-state index in [2.05, 4.69) is 52.4 Å². The Kier molecular flexibility index (Phi) is 4.98. The van der Waals surface area contributed by atoms with Crippen molar-refractivity contribution in [3.63, 3.8) is 0 Å². The first-order valence-corrected chi connectivity index (χ1v) is 9.15. The standard InChI is InChI=1S/C19H28N6O/c1-13-12-15(23-24(13)5)18(26)20-14-8-10-25(11-9-14)17-7-6-16(21-22-17)19(2,3)4/h6-7,12,14H,8-11H2,1-5H3,(H,20,26). The Morgan fingerprint density at radius 1 is 1.19 bits per heavy atom. The summed E-state index contributed by atoms with van der Waals surface area (Å²) in [5.74, 6) is 0.810. The first-order chi connectivity index (χ1) is 12.2. The normalized spacial score (nSPS) is 16.0. The lowest BCUT2D eigenvalue weighted by atomic mass is 9.92. The number of hydrogen-bond acceptors (Lipinski definition) is 5. The lowest BCUT2D eigenvalue weighted by Gasteiger charge is -2.33. The van der Waals surface area contributed by atoms with E-state index in [1.165, 1.54) is 0 Å². The Morgan fingerprint density at radius 2 is 1.88 bits per heavy atom. The van der Waals surface area contributed by atoms with E-state index in [-0.39, 0.29) is 17.4 Å². The maximum atomic E-state index is 12.3. The minimum atomic E-state index is -0.0959. The molecule has 0 atom stereocenters. The Hall–Kier alpha value is -2.44. The molecular weight excluding hydrogens is 328 g/mol. The van der Waals surface area contributed by atoms with Gasteiger partial charge in [-0.1, -0.05) is 20.8 Å². The topological polar surface area (TPSA) is 75.9 Å². The van der Waals surface area contributed by atoms with Gasteiger partial charge in [0.05, 0.1) is 5.69 Å². The number of aryl methyl sites for hydroxylation is 2. The minimum Gasteiger partial charge on any atom is -0.355 e. The van der Waals surface area contributed by atoms with Gasteiger partial charge >= 0.3 is 0 Å². The molecule has 1 amide bonds. The average molecular weight is 356 g/mol. The van der Waals surface area contributed by atoms with Crippen LogP contribution in [-0.4, -0.2) is 45.0 Å². The fourth-order valence-electron chi connectivity index (χ4n) is 3.08. The van der Waals surface area contributed by atoms with Crippen LogP contribution in [0, 0.1) is 6.92 Å². The van der Waals surface area contributed by atoms with Gasteiger partial charge in [-0.05, 0) is 38.0 Å². The predicted molar refractivity (Wildman–Crippen MR) is 101 cm³/mol. The summed E-state index contributed by atoms with van der Waals surface area (Å²) in [6.45, 7) is 10.1. The van der Waals surface area contributed by atoms with Crippen molar-refractivity contribution in [3.8, 4) is 0 Å². The summed E-state index contributed by atoms with van der Waals surface area (Å²) < 4.78 is 1.72. The fourth-order valence-corrected chi connectivity index (χ4v) is 3.08. The van der Waals surface area contributed by atoms with E-state index in [4.69, 9.17) is 0 Å². The third-order valence-corrected chi connectivity index (χ3v) is 4.92. The van der Waals surface area contributed by atoms with Crippen molar-refractivity contribution in [2.75, 3.05) is 18.0 Å². The molecule has 7 nitrogen and oxygen atoms in total. The number of nitrogens with one attached hydrogen (secondary N) is 1. The molecule has 2 aromatic rings. The molecule has 2 aromatic heterocycles. The van der Waals surface area contributed by atoms with Gasteiger partial charge in [0.25, 0.3) is 5.91 Å². The molecule has 0 aliphatic carbocycles. The maximum Gasteiger partial charge on any atom is 0.272 e. The van der Waals surface area contributed by atoms with Crippen molar-refractivity contribution >= 4 is 11.7 Å². The third kappa shape index (κ3) is 4.03. The van der Waals surface area contributed by atoms with Gasteiger partial charge in [-0.3, -0.25) is 9.48 Å². The summed E-state index contributed by atoms with van der Waals surface area (Å²) in [7, 11) is 1.84. The number of nitrogens with zero attached hydrogens (tertiary/aromatic N) is 5. The largest absolute Gasteiger partial charge is 0.355 e. The summed E-state index contributed by atoms with van der Waals surface area (Å²) in [5, 5.41) is 16.1. The van der Waals surface area contributed by atoms with Gasteiger partial charge in [-0.25, -0.2) is 0 Å².